The molecule has 0 aromatic heterocycles. The lowest BCUT2D eigenvalue weighted by Crippen LogP contribution is -2.30. The van der Waals surface area contributed by atoms with Gasteiger partial charge in [-0.1, -0.05) is 11.6 Å². The number of rotatable bonds is 6. The fourth-order valence-electron chi connectivity index (χ4n) is 1.38. The van der Waals surface area contributed by atoms with Crippen molar-refractivity contribution >= 4 is 33.2 Å². The zero-order chi connectivity index (χ0) is 14.6. The zero-order valence-electron chi connectivity index (χ0n) is 10.5. The van der Waals surface area contributed by atoms with Crippen LogP contribution in [0.15, 0.2) is 17.0 Å². The Hall–Kier alpha value is -0.400. The first-order valence-electron chi connectivity index (χ1n) is 5.33. The minimum absolute atomic E-state index is 0.0686. The van der Waals surface area contributed by atoms with Crippen LogP contribution in [-0.2, 0) is 20.6 Å². The molecule has 0 spiro atoms. The van der Waals surface area contributed by atoms with Gasteiger partial charge >= 0.3 is 0 Å². The summed E-state index contributed by atoms with van der Waals surface area (Å²) in [5.74, 6) is -0.875. The molecule has 1 rings (SSSR count). The summed E-state index contributed by atoms with van der Waals surface area (Å²) < 4.78 is 43.8. The number of likely N-dealkylation sites (N-methyl/N-ethyl adjacent to an activating group) is 1. The highest BCUT2D eigenvalue weighted by Crippen LogP contribution is 2.26. The molecule has 19 heavy (non-hydrogen) atoms. The van der Waals surface area contributed by atoms with Gasteiger partial charge in [-0.25, -0.2) is 12.8 Å². The quantitative estimate of drug-likeness (QED) is 0.753. The van der Waals surface area contributed by atoms with E-state index in [-0.39, 0.29) is 34.5 Å². The van der Waals surface area contributed by atoms with Gasteiger partial charge in [0.15, 0.2) is 0 Å². The molecule has 0 fully saturated rings. The van der Waals surface area contributed by atoms with Gasteiger partial charge < -0.3 is 4.74 Å². The second-order valence-corrected chi connectivity index (χ2v) is 6.52. The van der Waals surface area contributed by atoms with Crippen LogP contribution >= 0.6 is 23.2 Å². The molecule has 0 unspecified atom stereocenters. The van der Waals surface area contributed by atoms with Crippen molar-refractivity contribution in [2.24, 2.45) is 0 Å². The molecular weight excluding hydrogens is 316 g/mol. The number of halogens is 3. The minimum atomic E-state index is -3.79. The SMILES string of the molecule is COCCN(C)S(=O)(=O)c1cc(F)c(Cl)c(CCl)c1. The van der Waals surface area contributed by atoms with Crippen LogP contribution in [0.2, 0.25) is 5.02 Å². The Balaban J connectivity index is 3.18. The molecule has 108 valence electrons. The number of alkyl halides is 1. The fourth-order valence-corrected chi connectivity index (χ4v) is 3.06. The van der Waals surface area contributed by atoms with E-state index in [4.69, 9.17) is 27.9 Å². The lowest BCUT2D eigenvalue weighted by molar-refractivity contribution is 0.185. The molecule has 1 aromatic carbocycles. The van der Waals surface area contributed by atoms with Crippen molar-refractivity contribution in [3.63, 3.8) is 0 Å². The first kappa shape index (κ1) is 16.7. The van der Waals surface area contributed by atoms with Gasteiger partial charge in [0, 0.05) is 26.6 Å². The van der Waals surface area contributed by atoms with Crippen LogP contribution in [0, 0.1) is 5.82 Å². The third-order valence-corrected chi connectivity index (χ3v) is 5.09. The first-order valence-corrected chi connectivity index (χ1v) is 7.69. The van der Waals surface area contributed by atoms with Crippen molar-refractivity contribution in [2.75, 3.05) is 27.3 Å². The van der Waals surface area contributed by atoms with Crippen LogP contribution in [0.3, 0.4) is 0 Å². The molecule has 0 aliphatic carbocycles. The zero-order valence-corrected chi connectivity index (χ0v) is 12.8. The van der Waals surface area contributed by atoms with E-state index in [1.165, 1.54) is 20.2 Å². The average molecular weight is 330 g/mol. The Morgan fingerprint density at radius 1 is 1.42 bits per heavy atom. The van der Waals surface area contributed by atoms with Gasteiger partial charge in [0.1, 0.15) is 5.82 Å². The summed E-state index contributed by atoms with van der Waals surface area (Å²) in [5.41, 5.74) is 0.238. The topological polar surface area (TPSA) is 46.6 Å². The molecule has 0 radical (unpaired) electrons. The molecule has 0 bridgehead atoms. The van der Waals surface area contributed by atoms with Gasteiger partial charge in [-0.05, 0) is 17.7 Å². The lowest BCUT2D eigenvalue weighted by atomic mass is 10.2. The highest BCUT2D eigenvalue weighted by Gasteiger charge is 2.23. The van der Waals surface area contributed by atoms with E-state index in [1.807, 2.05) is 0 Å². The number of hydrogen-bond acceptors (Lipinski definition) is 3. The second kappa shape index (κ2) is 6.85. The van der Waals surface area contributed by atoms with Crippen LogP contribution in [0.5, 0.6) is 0 Å². The van der Waals surface area contributed by atoms with E-state index in [0.29, 0.717) is 0 Å². The van der Waals surface area contributed by atoms with Crippen molar-refractivity contribution < 1.29 is 17.5 Å². The molecule has 0 saturated heterocycles. The summed E-state index contributed by atoms with van der Waals surface area (Å²) in [6.45, 7) is 0.410. The molecule has 0 aliphatic rings. The van der Waals surface area contributed by atoms with Crippen LogP contribution in [-0.4, -0.2) is 40.0 Å². The standard InChI is InChI=1S/C11H14Cl2FNO3S/c1-15(3-4-18-2)19(16,17)9-5-8(7-12)11(13)10(14)6-9/h5-6H,3-4,7H2,1-2H3. The van der Waals surface area contributed by atoms with Crippen LogP contribution in [0.1, 0.15) is 5.56 Å². The van der Waals surface area contributed by atoms with E-state index in [1.54, 1.807) is 0 Å². The summed E-state index contributed by atoms with van der Waals surface area (Å²) in [7, 11) is -0.931. The molecular formula is C11H14Cl2FNO3S. The van der Waals surface area contributed by atoms with Crippen molar-refractivity contribution in [1.29, 1.82) is 0 Å². The minimum Gasteiger partial charge on any atom is -0.383 e. The number of sulfonamides is 1. The third kappa shape index (κ3) is 3.79. The second-order valence-electron chi connectivity index (χ2n) is 3.83. The monoisotopic (exact) mass is 329 g/mol. The van der Waals surface area contributed by atoms with Gasteiger partial charge in [0.25, 0.3) is 0 Å². The van der Waals surface area contributed by atoms with E-state index in [0.717, 1.165) is 10.4 Å². The Bertz CT molecular complexity index is 551. The molecule has 0 atom stereocenters. The predicted octanol–water partition coefficient (Wildman–Crippen LogP) is 2.48. The Morgan fingerprint density at radius 2 is 2.05 bits per heavy atom. The van der Waals surface area contributed by atoms with Crippen molar-refractivity contribution in [1.82, 2.24) is 4.31 Å². The normalized spacial score (nSPS) is 12.1. The molecule has 1 aromatic rings. The van der Waals surface area contributed by atoms with Gasteiger partial charge in [0.05, 0.1) is 16.5 Å². The van der Waals surface area contributed by atoms with Crippen LogP contribution < -0.4 is 0 Å². The number of hydrogen-bond donors (Lipinski definition) is 0. The molecule has 8 heteroatoms. The fraction of sp³-hybridized carbons (Fsp3) is 0.455. The van der Waals surface area contributed by atoms with Gasteiger partial charge in [-0.3, -0.25) is 0 Å². The summed E-state index contributed by atoms with van der Waals surface area (Å²) >= 11 is 11.3. The smallest absolute Gasteiger partial charge is 0.243 e. The molecule has 0 saturated carbocycles. The summed E-state index contributed by atoms with van der Waals surface area (Å²) in [4.78, 5) is -0.177. The van der Waals surface area contributed by atoms with Crippen molar-refractivity contribution in [3.05, 3.63) is 28.5 Å². The maximum atomic E-state index is 13.6. The predicted molar refractivity (Wildman–Crippen MR) is 72.7 cm³/mol. The van der Waals surface area contributed by atoms with E-state index >= 15 is 0 Å². The lowest BCUT2D eigenvalue weighted by Gasteiger charge is -2.17. The molecule has 0 N–H and O–H groups in total. The highest BCUT2D eigenvalue weighted by atomic mass is 35.5. The number of benzene rings is 1. The molecule has 0 amide bonds. The molecule has 0 aliphatic heterocycles. The molecule has 4 nitrogen and oxygen atoms in total. The molecule has 0 heterocycles. The van der Waals surface area contributed by atoms with Gasteiger partial charge in [-0.15, -0.1) is 11.6 Å². The van der Waals surface area contributed by atoms with Gasteiger partial charge in [-0.2, -0.15) is 4.31 Å². The van der Waals surface area contributed by atoms with E-state index in [2.05, 4.69) is 0 Å². The first-order chi connectivity index (χ1) is 8.84. The Kier molecular flexibility index (Phi) is 6.01. The van der Waals surface area contributed by atoms with Crippen molar-refractivity contribution in [2.45, 2.75) is 10.8 Å². The number of nitrogens with zero attached hydrogens (tertiary/aromatic N) is 1. The number of methoxy groups -OCH3 is 1. The third-order valence-electron chi connectivity index (χ3n) is 2.54. The van der Waals surface area contributed by atoms with Crippen LogP contribution in [0.4, 0.5) is 4.39 Å². The average Bonchev–Trinajstić information content (AvgIpc) is 2.38. The van der Waals surface area contributed by atoms with E-state index in [9.17, 15) is 12.8 Å². The largest absolute Gasteiger partial charge is 0.383 e. The number of ether oxygens (including phenoxy) is 1. The Labute approximate surface area is 122 Å². The summed E-state index contributed by atoms with van der Waals surface area (Å²) in [6, 6.07) is 2.16. The van der Waals surface area contributed by atoms with Gasteiger partial charge in [0.2, 0.25) is 10.0 Å². The van der Waals surface area contributed by atoms with Crippen molar-refractivity contribution in [3.8, 4) is 0 Å². The maximum Gasteiger partial charge on any atom is 0.243 e. The highest BCUT2D eigenvalue weighted by molar-refractivity contribution is 7.89. The van der Waals surface area contributed by atoms with E-state index < -0.39 is 15.8 Å². The maximum absolute atomic E-state index is 13.6. The van der Waals surface area contributed by atoms with Crippen LogP contribution in [0.25, 0.3) is 0 Å². The Morgan fingerprint density at radius 3 is 2.58 bits per heavy atom. The summed E-state index contributed by atoms with van der Waals surface area (Å²) in [6.07, 6.45) is 0. The summed E-state index contributed by atoms with van der Waals surface area (Å²) in [5, 5.41) is -0.159.